The molecule has 5 heteroatoms. The van der Waals surface area contributed by atoms with Gasteiger partial charge in [-0.25, -0.2) is 5.43 Å². The SMILES string of the molecule is CC=NNc1ccc(C2=NNC(=O)C[C@H]2C)cc1. The molecule has 0 fully saturated rings. The van der Waals surface area contributed by atoms with E-state index in [0.717, 1.165) is 17.0 Å². The maximum absolute atomic E-state index is 11.2. The summed E-state index contributed by atoms with van der Waals surface area (Å²) in [5.74, 6) is 0.119. The smallest absolute Gasteiger partial charge is 0.240 e. The predicted molar refractivity (Wildman–Crippen MR) is 72.7 cm³/mol. The number of hydrogen-bond donors (Lipinski definition) is 2. The summed E-state index contributed by atoms with van der Waals surface area (Å²) in [6.07, 6.45) is 2.18. The van der Waals surface area contributed by atoms with Crippen LogP contribution in [0.1, 0.15) is 25.8 Å². The molecule has 0 radical (unpaired) electrons. The van der Waals surface area contributed by atoms with Crippen molar-refractivity contribution in [3.63, 3.8) is 0 Å². The summed E-state index contributed by atoms with van der Waals surface area (Å²) in [4.78, 5) is 11.2. The molecular weight excluding hydrogens is 228 g/mol. The van der Waals surface area contributed by atoms with E-state index in [1.165, 1.54) is 0 Å². The molecule has 1 amide bonds. The Kier molecular flexibility index (Phi) is 3.72. The Labute approximate surface area is 106 Å². The molecule has 1 aromatic rings. The average Bonchev–Trinajstić information content (AvgIpc) is 2.37. The monoisotopic (exact) mass is 244 g/mol. The van der Waals surface area contributed by atoms with Crippen LogP contribution >= 0.6 is 0 Å². The molecule has 0 aromatic heterocycles. The first-order valence-electron chi connectivity index (χ1n) is 5.91. The highest BCUT2D eigenvalue weighted by Gasteiger charge is 2.21. The normalized spacial score (nSPS) is 19.6. The minimum atomic E-state index is -0.0261. The summed E-state index contributed by atoms with van der Waals surface area (Å²) in [5.41, 5.74) is 8.28. The van der Waals surface area contributed by atoms with Crippen molar-refractivity contribution < 1.29 is 4.79 Å². The molecule has 0 unspecified atom stereocenters. The van der Waals surface area contributed by atoms with Gasteiger partial charge in [0.2, 0.25) is 5.91 Å². The lowest BCUT2D eigenvalue weighted by atomic mass is 9.94. The molecule has 2 N–H and O–H groups in total. The van der Waals surface area contributed by atoms with Gasteiger partial charge in [-0.2, -0.15) is 10.2 Å². The molecule has 18 heavy (non-hydrogen) atoms. The topological polar surface area (TPSA) is 65.8 Å². The fraction of sp³-hybridized carbons (Fsp3) is 0.308. The van der Waals surface area contributed by atoms with Gasteiger partial charge in [-0.05, 0) is 24.6 Å². The van der Waals surface area contributed by atoms with Crippen molar-refractivity contribution >= 4 is 23.5 Å². The fourth-order valence-corrected chi connectivity index (χ4v) is 1.86. The molecule has 0 aliphatic carbocycles. The number of rotatable bonds is 3. The van der Waals surface area contributed by atoms with Gasteiger partial charge < -0.3 is 0 Å². The largest absolute Gasteiger partial charge is 0.279 e. The van der Waals surface area contributed by atoms with Gasteiger partial charge in [-0.1, -0.05) is 19.1 Å². The summed E-state index contributed by atoms with van der Waals surface area (Å²) in [5, 5.41) is 8.07. The first-order chi connectivity index (χ1) is 8.70. The Morgan fingerprint density at radius 3 is 2.78 bits per heavy atom. The maximum atomic E-state index is 11.2. The Balaban J connectivity index is 2.16. The number of hydrogen-bond acceptors (Lipinski definition) is 4. The van der Waals surface area contributed by atoms with Crippen molar-refractivity contribution in [1.29, 1.82) is 0 Å². The molecule has 1 aliphatic rings. The summed E-state index contributed by atoms with van der Waals surface area (Å²) in [6, 6.07) is 7.82. The lowest BCUT2D eigenvalue weighted by Crippen LogP contribution is -2.31. The third kappa shape index (κ3) is 2.74. The minimum absolute atomic E-state index is 0.0261. The van der Waals surface area contributed by atoms with Crippen LogP contribution in [0.25, 0.3) is 0 Å². The van der Waals surface area contributed by atoms with E-state index in [-0.39, 0.29) is 11.8 Å². The standard InChI is InChI=1S/C13H16N4O/c1-3-14-15-11-6-4-10(5-7-11)13-9(2)8-12(18)16-17-13/h3-7,9,15H,8H2,1-2H3,(H,16,18)/t9-/m1/s1. The first kappa shape index (κ1) is 12.3. The zero-order valence-electron chi connectivity index (χ0n) is 10.5. The van der Waals surface area contributed by atoms with E-state index < -0.39 is 0 Å². The Morgan fingerprint density at radius 1 is 1.44 bits per heavy atom. The van der Waals surface area contributed by atoms with Gasteiger partial charge in [0.15, 0.2) is 0 Å². The molecule has 94 valence electrons. The van der Waals surface area contributed by atoms with Crippen molar-refractivity contribution in [3.8, 4) is 0 Å². The van der Waals surface area contributed by atoms with Crippen molar-refractivity contribution in [3.05, 3.63) is 29.8 Å². The van der Waals surface area contributed by atoms with Crippen LogP contribution in [-0.2, 0) is 4.79 Å². The first-order valence-corrected chi connectivity index (χ1v) is 5.91. The van der Waals surface area contributed by atoms with E-state index in [0.29, 0.717) is 6.42 Å². The molecule has 1 aromatic carbocycles. The quantitative estimate of drug-likeness (QED) is 0.630. The summed E-state index contributed by atoms with van der Waals surface area (Å²) in [6.45, 7) is 3.85. The lowest BCUT2D eigenvalue weighted by Gasteiger charge is -2.19. The van der Waals surface area contributed by atoms with Crippen LogP contribution in [0.4, 0.5) is 5.69 Å². The van der Waals surface area contributed by atoms with Crippen molar-refractivity contribution in [2.75, 3.05) is 5.43 Å². The summed E-state index contributed by atoms with van der Waals surface area (Å²) >= 11 is 0. The van der Waals surface area contributed by atoms with E-state index in [1.807, 2.05) is 38.1 Å². The van der Waals surface area contributed by atoms with Gasteiger partial charge in [0, 0.05) is 18.6 Å². The molecule has 0 bridgehead atoms. The van der Waals surface area contributed by atoms with Crippen LogP contribution in [-0.4, -0.2) is 17.8 Å². The molecular formula is C13H16N4O. The second kappa shape index (κ2) is 5.44. The molecule has 0 saturated carbocycles. The minimum Gasteiger partial charge on any atom is -0.279 e. The zero-order valence-corrected chi connectivity index (χ0v) is 10.5. The molecule has 1 aliphatic heterocycles. The van der Waals surface area contributed by atoms with Gasteiger partial charge in [0.1, 0.15) is 0 Å². The van der Waals surface area contributed by atoms with Crippen LogP contribution in [0.2, 0.25) is 0 Å². The molecule has 1 atom stereocenters. The van der Waals surface area contributed by atoms with E-state index in [4.69, 9.17) is 0 Å². The second-order valence-electron chi connectivity index (χ2n) is 4.21. The number of amides is 1. The Bertz CT molecular complexity index is 490. The highest BCUT2D eigenvalue weighted by Crippen LogP contribution is 2.18. The van der Waals surface area contributed by atoms with Crippen LogP contribution in [0.15, 0.2) is 34.5 Å². The van der Waals surface area contributed by atoms with Crippen LogP contribution in [0.3, 0.4) is 0 Å². The van der Waals surface area contributed by atoms with Crippen molar-refractivity contribution in [1.82, 2.24) is 5.43 Å². The second-order valence-corrected chi connectivity index (χ2v) is 4.21. The summed E-state index contributed by atoms with van der Waals surface area (Å²) in [7, 11) is 0. The lowest BCUT2D eigenvalue weighted by molar-refractivity contribution is -0.121. The maximum Gasteiger partial charge on any atom is 0.240 e. The molecule has 5 nitrogen and oxygen atoms in total. The molecule has 2 rings (SSSR count). The number of nitrogens with zero attached hydrogens (tertiary/aromatic N) is 2. The highest BCUT2D eigenvalue weighted by molar-refractivity contribution is 6.05. The van der Waals surface area contributed by atoms with Gasteiger partial charge >= 0.3 is 0 Å². The number of anilines is 1. The van der Waals surface area contributed by atoms with Crippen LogP contribution in [0.5, 0.6) is 0 Å². The predicted octanol–water partition coefficient (Wildman–Crippen LogP) is 1.96. The zero-order chi connectivity index (χ0) is 13.0. The van der Waals surface area contributed by atoms with Gasteiger partial charge in [0.25, 0.3) is 0 Å². The number of benzene rings is 1. The van der Waals surface area contributed by atoms with E-state index in [1.54, 1.807) is 6.21 Å². The Hall–Kier alpha value is -2.17. The number of nitrogens with one attached hydrogen (secondary N) is 2. The number of carbonyl (C=O) groups is 1. The van der Waals surface area contributed by atoms with E-state index in [2.05, 4.69) is 21.1 Å². The van der Waals surface area contributed by atoms with Crippen LogP contribution in [0, 0.1) is 5.92 Å². The van der Waals surface area contributed by atoms with Gasteiger partial charge in [0.05, 0.1) is 11.4 Å². The number of hydrazone groups is 2. The Morgan fingerprint density at radius 2 is 2.17 bits per heavy atom. The molecule has 0 spiro atoms. The molecule has 0 saturated heterocycles. The van der Waals surface area contributed by atoms with Crippen molar-refractivity contribution in [2.45, 2.75) is 20.3 Å². The molecule has 1 heterocycles. The third-order valence-corrected chi connectivity index (χ3v) is 2.76. The van der Waals surface area contributed by atoms with E-state index in [9.17, 15) is 4.79 Å². The van der Waals surface area contributed by atoms with Gasteiger partial charge in [-0.3, -0.25) is 10.2 Å². The summed E-state index contributed by atoms with van der Waals surface area (Å²) < 4.78 is 0. The van der Waals surface area contributed by atoms with Gasteiger partial charge in [-0.15, -0.1) is 0 Å². The van der Waals surface area contributed by atoms with Crippen LogP contribution < -0.4 is 10.9 Å². The highest BCUT2D eigenvalue weighted by atomic mass is 16.2. The van der Waals surface area contributed by atoms with Crippen molar-refractivity contribution in [2.24, 2.45) is 16.1 Å². The average molecular weight is 244 g/mol. The number of carbonyl (C=O) groups excluding carboxylic acids is 1. The fourth-order valence-electron chi connectivity index (χ4n) is 1.86. The van der Waals surface area contributed by atoms with E-state index >= 15 is 0 Å². The third-order valence-electron chi connectivity index (χ3n) is 2.76.